The van der Waals surface area contributed by atoms with Crippen LogP contribution < -0.4 is 16.6 Å². The van der Waals surface area contributed by atoms with Gasteiger partial charge in [0.1, 0.15) is 23.5 Å². The van der Waals surface area contributed by atoms with E-state index in [1.807, 2.05) is 19.1 Å². The van der Waals surface area contributed by atoms with Gasteiger partial charge in [-0.15, -0.1) is 0 Å². The normalized spacial score (nSPS) is 11.4. The van der Waals surface area contributed by atoms with Crippen molar-refractivity contribution in [2.24, 2.45) is 14.1 Å². The molecule has 11 heteroatoms. The average molecular weight is 460 g/mol. The lowest BCUT2D eigenvalue weighted by molar-refractivity contribution is -0.116. The number of phenolic OH excluding ortho intramolecular Hbond substituents is 1. The Labute approximate surface area is 191 Å². The van der Waals surface area contributed by atoms with Gasteiger partial charge in [0, 0.05) is 19.8 Å². The number of benzene rings is 2. The molecule has 2 N–H and O–H groups in total. The Morgan fingerprint density at radius 3 is 2.71 bits per heavy atom. The quantitative estimate of drug-likeness (QED) is 0.391. The number of aromatic hydroxyl groups is 1. The number of amides is 1. The monoisotopic (exact) mass is 460 g/mol. The third-order valence-corrected chi connectivity index (χ3v) is 5.58. The highest BCUT2D eigenvalue weighted by Crippen LogP contribution is 2.33. The van der Waals surface area contributed by atoms with E-state index in [1.165, 1.54) is 35.6 Å². The van der Waals surface area contributed by atoms with E-state index in [9.17, 15) is 19.5 Å². The molecular weight excluding hydrogens is 440 g/mol. The SMILES string of the molecule is Cc1ccc2oc(-c3cc(NC(=O)Cn4cnc5c(=O)n(C)c(=O)n(C)c54)ccc3O)nc2c1. The van der Waals surface area contributed by atoms with Gasteiger partial charge in [0.25, 0.3) is 5.56 Å². The molecule has 34 heavy (non-hydrogen) atoms. The number of rotatable bonds is 4. The summed E-state index contributed by atoms with van der Waals surface area (Å²) in [5.74, 6) is -0.245. The number of carbonyl (C=O) groups is 1. The highest BCUT2D eigenvalue weighted by atomic mass is 16.3. The van der Waals surface area contributed by atoms with E-state index >= 15 is 0 Å². The molecule has 0 aliphatic heterocycles. The van der Waals surface area contributed by atoms with Crippen LogP contribution in [0.1, 0.15) is 5.56 Å². The number of nitrogens with one attached hydrogen (secondary N) is 1. The summed E-state index contributed by atoms with van der Waals surface area (Å²) < 4.78 is 9.43. The number of fused-ring (bicyclic) bond motifs is 2. The fourth-order valence-corrected chi connectivity index (χ4v) is 3.85. The number of hydrogen-bond acceptors (Lipinski definition) is 7. The fraction of sp³-hybridized carbons (Fsp3) is 0.174. The zero-order valence-electron chi connectivity index (χ0n) is 18.6. The van der Waals surface area contributed by atoms with E-state index < -0.39 is 17.2 Å². The molecule has 3 heterocycles. The van der Waals surface area contributed by atoms with Gasteiger partial charge in [0.15, 0.2) is 11.1 Å². The minimum absolute atomic E-state index is 0.0484. The largest absolute Gasteiger partial charge is 0.507 e. The number of nitrogens with zero attached hydrogens (tertiary/aromatic N) is 5. The minimum Gasteiger partial charge on any atom is -0.507 e. The molecule has 172 valence electrons. The first-order valence-corrected chi connectivity index (χ1v) is 10.3. The number of aryl methyl sites for hydroxylation is 2. The maximum absolute atomic E-state index is 12.8. The number of hydrogen-bond donors (Lipinski definition) is 2. The molecule has 0 unspecified atom stereocenters. The standard InChI is InChI=1S/C23H20N6O5/c1-12-4-7-17-15(8-12)26-20(34-17)14-9-13(5-6-16(14)30)25-18(31)10-29-11-24-19-21(29)27(2)23(33)28(3)22(19)32/h4-9,11,30H,10H2,1-3H3,(H,25,31). The van der Waals surface area contributed by atoms with Crippen molar-refractivity contribution in [2.45, 2.75) is 13.5 Å². The van der Waals surface area contributed by atoms with Crippen molar-refractivity contribution < 1.29 is 14.3 Å². The summed E-state index contributed by atoms with van der Waals surface area (Å²) in [7, 11) is 2.88. The van der Waals surface area contributed by atoms with Crippen LogP contribution in [0.4, 0.5) is 5.69 Å². The van der Waals surface area contributed by atoms with E-state index in [2.05, 4.69) is 15.3 Å². The van der Waals surface area contributed by atoms with Gasteiger partial charge in [-0.3, -0.25) is 18.7 Å². The molecule has 0 aliphatic rings. The van der Waals surface area contributed by atoms with Gasteiger partial charge < -0.3 is 19.4 Å². The second-order valence-electron chi connectivity index (χ2n) is 8.02. The van der Waals surface area contributed by atoms with Gasteiger partial charge in [-0.1, -0.05) is 6.07 Å². The lowest BCUT2D eigenvalue weighted by atomic mass is 10.1. The maximum atomic E-state index is 12.8. The first-order valence-electron chi connectivity index (χ1n) is 10.3. The van der Waals surface area contributed by atoms with E-state index in [4.69, 9.17) is 4.42 Å². The van der Waals surface area contributed by atoms with E-state index in [-0.39, 0.29) is 29.3 Å². The molecular formula is C23H20N6O5. The Morgan fingerprint density at radius 1 is 1.12 bits per heavy atom. The topological polar surface area (TPSA) is 137 Å². The van der Waals surface area contributed by atoms with Gasteiger partial charge in [-0.2, -0.15) is 0 Å². The van der Waals surface area contributed by atoms with Crippen molar-refractivity contribution in [1.82, 2.24) is 23.7 Å². The Hall–Kier alpha value is -4.67. The molecule has 0 radical (unpaired) electrons. The number of imidazole rings is 1. The first-order chi connectivity index (χ1) is 16.2. The predicted molar refractivity (Wildman–Crippen MR) is 125 cm³/mol. The molecule has 0 aliphatic carbocycles. The van der Waals surface area contributed by atoms with Crippen molar-refractivity contribution in [3.8, 4) is 17.2 Å². The summed E-state index contributed by atoms with van der Waals surface area (Å²) in [5, 5.41) is 13.1. The number of anilines is 1. The van der Waals surface area contributed by atoms with Crippen LogP contribution >= 0.6 is 0 Å². The highest BCUT2D eigenvalue weighted by molar-refractivity contribution is 5.92. The van der Waals surface area contributed by atoms with Crippen LogP contribution in [0.25, 0.3) is 33.7 Å². The Balaban J connectivity index is 1.44. The predicted octanol–water partition coefficient (Wildman–Crippen LogP) is 1.89. The summed E-state index contributed by atoms with van der Waals surface area (Å²) in [4.78, 5) is 45.8. The van der Waals surface area contributed by atoms with Gasteiger partial charge in [0.2, 0.25) is 11.8 Å². The highest BCUT2D eigenvalue weighted by Gasteiger charge is 2.17. The fourth-order valence-electron chi connectivity index (χ4n) is 3.85. The molecule has 3 aromatic heterocycles. The van der Waals surface area contributed by atoms with Gasteiger partial charge in [-0.05, 0) is 42.8 Å². The second-order valence-corrected chi connectivity index (χ2v) is 8.02. The van der Waals surface area contributed by atoms with Crippen LogP contribution in [0.2, 0.25) is 0 Å². The number of aromatic nitrogens is 5. The lowest BCUT2D eigenvalue weighted by Gasteiger charge is -2.10. The van der Waals surface area contributed by atoms with Crippen molar-refractivity contribution in [3.05, 3.63) is 69.1 Å². The molecule has 0 spiro atoms. The van der Waals surface area contributed by atoms with Crippen molar-refractivity contribution in [3.63, 3.8) is 0 Å². The number of carbonyl (C=O) groups excluding carboxylic acids is 1. The summed E-state index contributed by atoms with van der Waals surface area (Å²) in [6, 6.07) is 10.1. The van der Waals surface area contributed by atoms with Crippen LogP contribution in [0, 0.1) is 6.92 Å². The van der Waals surface area contributed by atoms with Gasteiger partial charge in [-0.25, -0.2) is 14.8 Å². The van der Waals surface area contributed by atoms with Crippen molar-refractivity contribution in [2.75, 3.05) is 5.32 Å². The summed E-state index contributed by atoms with van der Waals surface area (Å²) in [6.45, 7) is 1.76. The molecule has 0 atom stereocenters. The summed E-state index contributed by atoms with van der Waals surface area (Å²) >= 11 is 0. The third-order valence-electron chi connectivity index (χ3n) is 5.58. The Bertz CT molecular complexity index is 1720. The molecule has 0 saturated heterocycles. The zero-order valence-corrected chi connectivity index (χ0v) is 18.6. The minimum atomic E-state index is -0.533. The molecule has 0 fully saturated rings. The molecule has 5 rings (SSSR count). The molecule has 1 amide bonds. The van der Waals surface area contributed by atoms with Crippen LogP contribution in [-0.4, -0.2) is 34.7 Å². The van der Waals surface area contributed by atoms with Crippen molar-refractivity contribution >= 4 is 33.9 Å². The van der Waals surface area contributed by atoms with Crippen LogP contribution in [0.15, 0.2) is 56.7 Å². The molecule has 0 bridgehead atoms. The average Bonchev–Trinajstić information content (AvgIpc) is 3.41. The van der Waals surface area contributed by atoms with Crippen LogP contribution in [-0.2, 0) is 25.4 Å². The molecule has 11 nitrogen and oxygen atoms in total. The zero-order chi connectivity index (χ0) is 24.1. The van der Waals surface area contributed by atoms with Crippen molar-refractivity contribution in [1.29, 1.82) is 0 Å². The smallest absolute Gasteiger partial charge is 0.332 e. The third kappa shape index (κ3) is 3.43. The second kappa shape index (κ2) is 7.73. The van der Waals surface area contributed by atoms with Crippen LogP contribution in [0.3, 0.4) is 0 Å². The lowest BCUT2D eigenvalue weighted by Crippen LogP contribution is -2.37. The summed E-state index contributed by atoms with van der Waals surface area (Å²) in [6.07, 6.45) is 1.34. The summed E-state index contributed by atoms with van der Waals surface area (Å²) in [5.41, 5.74) is 2.29. The maximum Gasteiger partial charge on any atom is 0.332 e. The number of oxazole rings is 1. The van der Waals surface area contributed by atoms with E-state index in [1.54, 1.807) is 18.2 Å². The Morgan fingerprint density at radius 2 is 1.91 bits per heavy atom. The van der Waals surface area contributed by atoms with E-state index in [0.29, 0.717) is 22.4 Å². The molecule has 0 saturated carbocycles. The molecule has 5 aromatic rings. The van der Waals surface area contributed by atoms with Gasteiger partial charge in [0.05, 0.1) is 11.9 Å². The number of phenols is 1. The van der Waals surface area contributed by atoms with Crippen LogP contribution in [0.5, 0.6) is 5.75 Å². The molecule has 2 aromatic carbocycles. The first kappa shape index (κ1) is 21.2. The van der Waals surface area contributed by atoms with E-state index in [0.717, 1.165) is 10.1 Å². The van der Waals surface area contributed by atoms with Gasteiger partial charge >= 0.3 is 5.69 Å². The Kier molecular flexibility index (Phi) is 4.82.